The van der Waals surface area contributed by atoms with Gasteiger partial charge in [0.25, 0.3) is 0 Å². The predicted octanol–water partition coefficient (Wildman–Crippen LogP) is 3.14. The number of nitrogens with one attached hydrogen (secondary N) is 1. The van der Waals surface area contributed by atoms with Crippen LogP contribution in [-0.4, -0.2) is 16.8 Å². The van der Waals surface area contributed by atoms with Crippen LogP contribution >= 0.6 is 0 Å². The average Bonchev–Trinajstić information content (AvgIpc) is 2.49. The molecule has 2 aromatic carbocycles. The largest absolute Gasteiger partial charge is 0.478 e. The zero-order valence-electron chi connectivity index (χ0n) is 10.7. The van der Waals surface area contributed by atoms with Crippen LogP contribution in [0.2, 0.25) is 0 Å². The number of hydrazone groups is 1. The monoisotopic (exact) mass is 266 g/mol. The van der Waals surface area contributed by atoms with Gasteiger partial charge in [-0.1, -0.05) is 48.5 Å². The van der Waals surface area contributed by atoms with E-state index in [-0.39, 0.29) is 0 Å². The van der Waals surface area contributed by atoms with Crippen molar-refractivity contribution < 1.29 is 9.90 Å². The van der Waals surface area contributed by atoms with Crippen molar-refractivity contribution in [1.82, 2.24) is 0 Å². The summed E-state index contributed by atoms with van der Waals surface area (Å²) in [6.07, 6.45) is 2.53. The third kappa shape index (κ3) is 4.10. The molecule has 0 bridgehead atoms. The van der Waals surface area contributed by atoms with Crippen molar-refractivity contribution in [3.05, 3.63) is 78.4 Å². The fourth-order valence-corrected chi connectivity index (χ4v) is 1.59. The normalized spacial score (nSPS) is 11.5. The van der Waals surface area contributed by atoms with Crippen LogP contribution in [0, 0.1) is 0 Å². The molecule has 0 radical (unpaired) electrons. The van der Waals surface area contributed by atoms with Crippen molar-refractivity contribution in [2.45, 2.75) is 0 Å². The molecule has 0 spiro atoms. The van der Waals surface area contributed by atoms with E-state index < -0.39 is 5.97 Å². The summed E-state index contributed by atoms with van der Waals surface area (Å²) in [5.74, 6) is -1.01. The predicted molar refractivity (Wildman–Crippen MR) is 79.8 cm³/mol. The molecule has 0 fully saturated rings. The molecule has 0 aromatic heterocycles. The Hall–Kier alpha value is -2.88. The molecule has 0 saturated carbocycles. The standard InChI is InChI=1S/C16H14N2O2/c19-16(20)12-11-15(13-7-3-1-4-8-13)18-17-14-9-5-2-6-10-14/h1-12,17H,(H,19,20)/b12-11+,18-15-. The van der Waals surface area contributed by atoms with Gasteiger partial charge in [0.15, 0.2) is 0 Å². The fraction of sp³-hybridized carbons (Fsp3) is 0. The lowest BCUT2D eigenvalue weighted by atomic mass is 10.1. The zero-order valence-corrected chi connectivity index (χ0v) is 10.7. The number of allylic oxidation sites excluding steroid dienone is 1. The molecule has 4 nitrogen and oxygen atoms in total. The number of carboxylic acids is 1. The van der Waals surface area contributed by atoms with Crippen molar-refractivity contribution in [3.8, 4) is 0 Å². The minimum Gasteiger partial charge on any atom is -0.478 e. The number of aliphatic carboxylic acids is 1. The number of hydrogen-bond donors (Lipinski definition) is 2. The van der Waals surface area contributed by atoms with Gasteiger partial charge in [-0.25, -0.2) is 4.79 Å². The van der Waals surface area contributed by atoms with E-state index in [1.54, 1.807) is 0 Å². The van der Waals surface area contributed by atoms with E-state index in [2.05, 4.69) is 10.5 Å². The molecular formula is C16H14N2O2. The lowest BCUT2D eigenvalue weighted by Gasteiger charge is -2.04. The van der Waals surface area contributed by atoms with Crippen LogP contribution in [0.3, 0.4) is 0 Å². The molecule has 0 aliphatic rings. The highest BCUT2D eigenvalue weighted by Crippen LogP contribution is 2.07. The first-order valence-electron chi connectivity index (χ1n) is 6.11. The van der Waals surface area contributed by atoms with Crippen LogP contribution in [0.25, 0.3) is 0 Å². The van der Waals surface area contributed by atoms with Gasteiger partial charge in [-0.2, -0.15) is 5.10 Å². The Labute approximate surface area is 117 Å². The summed E-state index contributed by atoms with van der Waals surface area (Å²) in [6.45, 7) is 0. The topological polar surface area (TPSA) is 61.7 Å². The molecule has 100 valence electrons. The number of nitrogens with zero attached hydrogens (tertiary/aromatic N) is 1. The van der Waals surface area contributed by atoms with Crippen LogP contribution < -0.4 is 5.43 Å². The third-order valence-corrected chi connectivity index (χ3v) is 2.53. The van der Waals surface area contributed by atoms with Gasteiger partial charge in [-0.15, -0.1) is 0 Å². The Morgan fingerprint density at radius 1 is 0.950 bits per heavy atom. The van der Waals surface area contributed by atoms with Crippen molar-refractivity contribution in [1.29, 1.82) is 0 Å². The molecule has 0 amide bonds. The molecule has 0 aliphatic heterocycles. The molecule has 2 rings (SSSR count). The minimum atomic E-state index is -1.01. The Kier molecular flexibility index (Phi) is 4.67. The molecular weight excluding hydrogens is 252 g/mol. The van der Waals surface area contributed by atoms with Crippen molar-refractivity contribution in [2.24, 2.45) is 5.10 Å². The van der Waals surface area contributed by atoms with E-state index in [0.717, 1.165) is 17.3 Å². The van der Waals surface area contributed by atoms with Crippen molar-refractivity contribution >= 4 is 17.4 Å². The first-order valence-corrected chi connectivity index (χ1v) is 6.11. The lowest BCUT2D eigenvalue weighted by Crippen LogP contribution is -2.02. The Morgan fingerprint density at radius 2 is 1.55 bits per heavy atom. The van der Waals surface area contributed by atoms with Gasteiger partial charge in [0.1, 0.15) is 0 Å². The maximum atomic E-state index is 10.6. The summed E-state index contributed by atoms with van der Waals surface area (Å²) in [4.78, 5) is 10.6. The molecule has 0 aliphatic carbocycles. The van der Waals surface area contributed by atoms with Gasteiger partial charge >= 0.3 is 5.97 Å². The first-order chi connectivity index (χ1) is 9.75. The second-order valence-electron chi connectivity index (χ2n) is 4.01. The molecule has 0 atom stereocenters. The Bertz CT molecular complexity index is 619. The zero-order chi connectivity index (χ0) is 14.2. The molecule has 0 heterocycles. The van der Waals surface area contributed by atoms with Gasteiger partial charge in [0.05, 0.1) is 11.4 Å². The summed E-state index contributed by atoms with van der Waals surface area (Å²) in [5, 5.41) is 13.0. The van der Waals surface area contributed by atoms with Crippen LogP contribution in [0.1, 0.15) is 5.56 Å². The lowest BCUT2D eigenvalue weighted by molar-refractivity contribution is -0.131. The van der Waals surface area contributed by atoms with Gasteiger partial charge < -0.3 is 5.11 Å². The average molecular weight is 266 g/mol. The maximum absolute atomic E-state index is 10.6. The molecule has 20 heavy (non-hydrogen) atoms. The van der Waals surface area contributed by atoms with Gasteiger partial charge in [0, 0.05) is 11.6 Å². The van der Waals surface area contributed by atoms with Gasteiger partial charge in [-0.3, -0.25) is 5.43 Å². The van der Waals surface area contributed by atoms with Crippen LogP contribution in [0.4, 0.5) is 5.69 Å². The quantitative estimate of drug-likeness (QED) is 0.496. The molecule has 0 unspecified atom stereocenters. The summed E-state index contributed by atoms with van der Waals surface area (Å²) in [7, 11) is 0. The van der Waals surface area contributed by atoms with Crippen molar-refractivity contribution in [2.75, 3.05) is 5.43 Å². The van der Waals surface area contributed by atoms with Crippen LogP contribution in [0.15, 0.2) is 77.9 Å². The van der Waals surface area contributed by atoms with E-state index >= 15 is 0 Å². The second kappa shape index (κ2) is 6.89. The number of benzene rings is 2. The van der Waals surface area contributed by atoms with Crippen LogP contribution in [0.5, 0.6) is 0 Å². The summed E-state index contributed by atoms with van der Waals surface area (Å²) in [5.41, 5.74) is 5.14. The van der Waals surface area contributed by atoms with E-state index in [0.29, 0.717) is 5.71 Å². The second-order valence-corrected chi connectivity index (χ2v) is 4.01. The molecule has 0 saturated heterocycles. The Morgan fingerprint density at radius 3 is 2.15 bits per heavy atom. The number of para-hydroxylation sites is 1. The highest BCUT2D eigenvalue weighted by Gasteiger charge is 2.00. The third-order valence-electron chi connectivity index (χ3n) is 2.53. The fourth-order valence-electron chi connectivity index (χ4n) is 1.59. The highest BCUT2D eigenvalue weighted by atomic mass is 16.4. The maximum Gasteiger partial charge on any atom is 0.328 e. The number of carbonyl (C=O) groups is 1. The van der Waals surface area contributed by atoms with E-state index in [1.807, 2.05) is 60.7 Å². The first kappa shape index (κ1) is 13.5. The summed E-state index contributed by atoms with van der Waals surface area (Å²) < 4.78 is 0. The van der Waals surface area contributed by atoms with Gasteiger partial charge in [-0.05, 0) is 18.2 Å². The van der Waals surface area contributed by atoms with E-state index in [9.17, 15) is 4.79 Å². The SMILES string of the molecule is O=C(O)/C=C/C(=N/Nc1ccccc1)c1ccccc1. The van der Waals surface area contributed by atoms with E-state index in [1.165, 1.54) is 6.08 Å². The van der Waals surface area contributed by atoms with E-state index in [4.69, 9.17) is 5.11 Å². The number of rotatable bonds is 5. The number of anilines is 1. The number of hydrogen-bond acceptors (Lipinski definition) is 3. The Balaban J connectivity index is 2.25. The molecule has 2 aromatic rings. The van der Waals surface area contributed by atoms with Crippen LogP contribution in [-0.2, 0) is 4.79 Å². The summed E-state index contributed by atoms with van der Waals surface area (Å²) >= 11 is 0. The minimum absolute atomic E-state index is 0.553. The van der Waals surface area contributed by atoms with Crippen molar-refractivity contribution in [3.63, 3.8) is 0 Å². The number of carboxylic acid groups (broad SMARTS) is 1. The van der Waals surface area contributed by atoms with Gasteiger partial charge in [0.2, 0.25) is 0 Å². The summed E-state index contributed by atoms with van der Waals surface area (Å²) in [6, 6.07) is 18.9. The highest BCUT2D eigenvalue weighted by molar-refractivity contribution is 6.10. The molecule has 4 heteroatoms. The molecule has 2 N–H and O–H groups in total. The smallest absolute Gasteiger partial charge is 0.328 e.